The molecule has 0 radical (unpaired) electrons. The summed E-state index contributed by atoms with van der Waals surface area (Å²) in [7, 11) is 3.01. The van der Waals surface area contributed by atoms with Gasteiger partial charge in [0.15, 0.2) is 0 Å². The topological polar surface area (TPSA) is 114 Å². The standard InChI is InChI=1S/C26H34N2O7/c1-26(2,3)35-25(32)27-14-8-9-15-34-17-19-10-6-7-11-21(19)28(4)23(29)18-12-13-20(24(30)31)22(16-18)33-5/h6-7,10-13,16H,8-9,14-15,17H2,1-5H3,(H,27,32)(H,30,31). The van der Waals surface area contributed by atoms with Crippen molar-refractivity contribution in [3.8, 4) is 5.75 Å². The van der Waals surface area contributed by atoms with Gasteiger partial charge in [-0.05, 0) is 57.9 Å². The molecule has 2 aromatic carbocycles. The van der Waals surface area contributed by atoms with E-state index in [9.17, 15) is 19.5 Å². The summed E-state index contributed by atoms with van der Waals surface area (Å²) in [6.07, 6.45) is 1.06. The molecule has 0 unspecified atom stereocenters. The number of methoxy groups -OCH3 is 1. The molecule has 0 saturated carbocycles. The lowest BCUT2D eigenvalue weighted by atomic mass is 10.1. The van der Waals surface area contributed by atoms with Crippen molar-refractivity contribution >= 4 is 23.7 Å². The molecule has 0 aliphatic rings. The Morgan fingerprint density at radius 3 is 2.43 bits per heavy atom. The molecular weight excluding hydrogens is 452 g/mol. The van der Waals surface area contributed by atoms with Crippen LogP contribution in [0.15, 0.2) is 42.5 Å². The van der Waals surface area contributed by atoms with Crippen molar-refractivity contribution in [1.82, 2.24) is 5.32 Å². The second-order valence-electron chi connectivity index (χ2n) is 8.90. The average molecular weight is 487 g/mol. The number of nitrogens with zero attached hydrogens (tertiary/aromatic N) is 1. The van der Waals surface area contributed by atoms with Crippen molar-refractivity contribution in [3.63, 3.8) is 0 Å². The van der Waals surface area contributed by atoms with Gasteiger partial charge in [-0.1, -0.05) is 18.2 Å². The Bertz CT molecular complexity index is 1030. The van der Waals surface area contributed by atoms with Crippen molar-refractivity contribution < 1.29 is 33.7 Å². The van der Waals surface area contributed by atoms with Gasteiger partial charge in [-0.2, -0.15) is 0 Å². The molecule has 0 fully saturated rings. The van der Waals surface area contributed by atoms with Crippen LogP contribution in [0.4, 0.5) is 10.5 Å². The van der Waals surface area contributed by atoms with E-state index in [1.54, 1.807) is 7.05 Å². The molecule has 0 aliphatic heterocycles. The molecule has 0 saturated heterocycles. The summed E-state index contributed by atoms with van der Waals surface area (Å²) in [5, 5.41) is 12.0. The van der Waals surface area contributed by atoms with Crippen molar-refractivity contribution in [2.75, 3.05) is 32.2 Å². The van der Waals surface area contributed by atoms with Gasteiger partial charge in [0, 0.05) is 37.0 Å². The zero-order valence-electron chi connectivity index (χ0n) is 20.9. The normalized spacial score (nSPS) is 11.0. The number of unbranched alkanes of at least 4 members (excludes halogenated alkanes) is 1. The van der Waals surface area contributed by atoms with Gasteiger partial charge in [0.25, 0.3) is 5.91 Å². The number of nitrogens with one attached hydrogen (secondary N) is 1. The van der Waals surface area contributed by atoms with Crippen LogP contribution in [-0.4, -0.2) is 56.0 Å². The maximum absolute atomic E-state index is 13.1. The highest BCUT2D eigenvalue weighted by atomic mass is 16.6. The minimum atomic E-state index is -1.13. The largest absolute Gasteiger partial charge is 0.496 e. The summed E-state index contributed by atoms with van der Waals surface area (Å²) in [5.74, 6) is -1.31. The highest BCUT2D eigenvalue weighted by Crippen LogP contribution is 2.25. The second-order valence-corrected chi connectivity index (χ2v) is 8.90. The van der Waals surface area contributed by atoms with E-state index < -0.39 is 17.7 Å². The van der Waals surface area contributed by atoms with Crippen LogP contribution in [0.1, 0.15) is 59.9 Å². The Hall–Kier alpha value is -3.59. The zero-order chi connectivity index (χ0) is 26.0. The fraction of sp³-hybridized carbons (Fsp3) is 0.423. The van der Waals surface area contributed by atoms with Gasteiger partial charge in [0.1, 0.15) is 16.9 Å². The van der Waals surface area contributed by atoms with Crippen molar-refractivity contribution in [2.24, 2.45) is 0 Å². The maximum atomic E-state index is 13.1. The van der Waals surface area contributed by atoms with Crippen LogP contribution in [0.2, 0.25) is 0 Å². The number of alkyl carbamates (subject to hydrolysis) is 1. The molecule has 2 amide bonds. The first-order chi connectivity index (χ1) is 16.5. The van der Waals surface area contributed by atoms with Crippen LogP contribution in [-0.2, 0) is 16.1 Å². The van der Waals surface area contributed by atoms with Crippen LogP contribution in [0, 0.1) is 0 Å². The number of carboxylic acid groups (broad SMARTS) is 1. The monoisotopic (exact) mass is 486 g/mol. The Morgan fingerprint density at radius 2 is 1.77 bits per heavy atom. The molecular formula is C26H34N2O7. The number of anilines is 1. The van der Waals surface area contributed by atoms with E-state index in [4.69, 9.17) is 14.2 Å². The number of ether oxygens (including phenoxy) is 3. The lowest BCUT2D eigenvalue weighted by molar-refractivity contribution is 0.0523. The molecule has 9 heteroatoms. The van der Waals surface area contributed by atoms with Crippen LogP contribution >= 0.6 is 0 Å². The molecule has 2 aromatic rings. The van der Waals surface area contributed by atoms with Crippen LogP contribution in [0.25, 0.3) is 0 Å². The molecule has 190 valence electrons. The first kappa shape index (κ1) is 27.7. The van der Waals surface area contributed by atoms with Gasteiger partial charge in [0.05, 0.1) is 13.7 Å². The number of benzene rings is 2. The van der Waals surface area contributed by atoms with E-state index >= 15 is 0 Å². The number of hydrogen-bond donors (Lipinski definition) is 2. The third-order valence-corrected chi connectivity index (χ3v) is 4.98. The third-order valence-electron chi connectivity index (χ3n) is 4.98. The van der Waals surface area contributed by atoms with E-state index in [2.05, 4.69) is 5.32 Å². The fourth-order valence-electron chi connectivity index (χ4n) is 3.28. The van der Waals surface area contributed by atoms with E-state index in [0.29, 0.717) is 31.0 Å². The Balaban J connectivity index is 1.90. The van der Waals surface area contributed by atoms with E-state index in [0.717, 1.165) is 18.4 Å². The molecule has 35 heavy (non-hydrogen) atoms. The molecule has 2 rings (SSSR count). The number of amides is 2. The predicted octanol–water partition coefficient (Wildman–Crippen LogP) is 4.49. The Labute approximate surface area is 206 Å². The number of carbonyl (C=O) groups is 3. The summed E-state index contributed by atoms with van der Waals surface area (Å²) in [6.45, 7) is 6.75. The average Bonchev–Trinajstić information content (AvgIpc) is 2.81. The van der Waals surface area contributed by atoms with Gasteiger partial charge in [-0.25, -0.2) is 9.59 Å². The Kier molecular flexibility index (Phi) is 10.1. The van der Waals surface area contributed by atoms with Crippen LogP contribution in [0.3, 0.4) is 0 Å². The second kappa shape index (κ2) is 12.8. The molecule has 0 atom stereocenters. The van der Waals surface area contributed by atoms with Crippen molar-refractivity contribution in [1.29, 1.82) is 0 Å². The summed E-state index contributed by atoms with van der Waals surface area (Å²) >= 11 is 0. The number of hydrogen-bond acceptors (Lipinski definition) is 6. The minimum absolute atomic E-state index is 0.0122. The first-order valence-corrected chi connectivity index (χ1v) is 11.4. The number of para-hydroxylation sites is 1. The van der Waals surface area contributed by atoms with E-state index in [1.165, 1.54) is 30.2 Å². The molecule has 0 heterocycles. The van der Waals surface area contributed by atoms with Crippen LogP contribution in [0.5, 0.6) is 5.75 Å². The van der Waals surface area contributed by atoms with Crippen molar-refractivity contribution in [2.45, 2.75) is 45.8 Å². The summed E-state index contributed by atoms with van der Waals surface area (Å²) in [5.41, 5.74) is 1.29. The molecule has 0 bridgehead atoms. The third kappa shape index (κ3) is 8.60. The molecule has 0 aromatic heterocycles. The number of carbonyl (C=O) groups excluding carboxylic acids is 2. The van der Waals surface area contributed by atoms with E-state index in [1.807, 2.05) is 45.0 Å². The maximum Gasteiger partial charge on any atom is 0.407 e. The summed E-state index contributed by atoms with van der Waals surface area (Å²) in [4.78, 5) is 37.5. The smallest absolute Gasteiger partial charge is 0.407 e. The van der Waals surface area contributed by atoms with E-state index in [-0.39, 0.29) is 17.2 Å². The lowest BCUT2D eigenvalue weighted by Gasteiger charge is -2.21. The SMILES string of the molecule is COc1cc(C(=O)N(C)c2ccccc2COCCCCNC(=O)OC(C)(C)C)ccc1C(=O)O. The predicted molar refractivity (Wildman–Crippen MR) is 132 cm³/mol. The minimum Gasteiger partial charge on any atom is -0.496 e. The molecule has 2 N–H and O–H groups in total. The quantitative estimate of drug-likeness (QED) is 0.450. The lowest BCUT2D eigenvalue weighted by Crippen LogP contribution is -2.33. The molecule has 9 nitrogen and oxygen atoms in total. The van der Waals surface area contributed by atoms with Crippen molar-refractivity contribution in [3.05, 3.63) is 59.2 Å². The Morgan fingerprint density at radius 1 is 1.06 bits per heavy atom. The van der Waals surface area contributed by atoms with Gasteiger partial charge in [-0.15, -0.1) is 0 Å². The van der Waals surface area contributed by atoms with Crippen LogP contribution < -0.4 is 15.0 Å². The highest BCUT2D eigenvalue weighted by Gasteiger charge is 2.20. The summed E-state index contributed by atoms with van der Waals surface area (Å²) < 4.78 is 16.1. The van der Waals surface area contributed by atoms with Gasteiger partial charge >= 0.3 is 12.1 Å². The van der Waals surface area contributed by atoms with Gasteiger partial charge in [0.2, 0.25) is 0 Å². The van der Waals surface area contributed by atoms with Gasteiger partial charge < -0.3 is 29.5 Å². The first-order valence-electron chi connectivity index (χ1n) is 11.4. The summed E-state index contributed by atoms with van der Waals surface area (Å²) in [6, 6.07) is 11.7. The number of carboxylic acids is 1. The van der Waals surface area contributed by atoms with Gasteiger partial charge in [-0.3, -0.25) is 4.79 Å². The number of aromatic carboxylic acids is 1. The zero-order valence-corrected chi connectivity index (χ0v) is 20.9. The fourth-order valence-corrected chi connectivity index (χ4v) is 3.28. The molecule has 0 spiro atoms. The molecule has 0 aliphatic carbocycles. The highest BCUT2D eigenvalue weighted by molar-refractivity contribution is 6.07. The number of rotatable bonds is 11.